The van der Waals surface area contributed by atoms with Crippen molar-refractivity contribution >= 4 is 28.9 Å². The lowest BCUT2D eigenvalue weighted by molar-refractivity contribution is -0.146. The maximum Gasteiger partial charge on any atom is 0.408 e. The summed E-state index contributed by atoms with van der Waals surface area (Å²) in [6.07, 6.45) is 6.75. The first-order valence-electron chi connectivity index (χ1n) is 10.3. The van der Waals surface area contributed by atoms with E-state index in [1.807, 2.05) is 37.3 Å². The van der Waals surface area contributed by atoms with Gasteiger partial charge in [0.2, 0.25) is 5.91 Å². The van der Waals surface area contributed by atoms with Crippen LogP contribution in [0.2, 0.25) is 0 Å². The SMILES string of the molecule is C=CC[C@](CC[S+](C)C)(NC(=O)OCc1ccccc1)C(=O)N[C@@H](CCC)C(=O)OC. The molecule has 2 N–H and O–H groups in total. The molecular formula is C23H35N2O5S+. The third-order valence-electron chi connectivity index (χ3n) is 4.79. The maximum absolute atomic E-state index is 13.3. The summed E-state index contributed by atoms with van der Waals surface area (Å²) in [6.45, 7) is 5.76. The molecular weight excluding hydrogens is 416 g/mol. The fourth-order valence-electron chi connectivity index (χ4n) is 3.03. The Hall–Kier alpha value is -2.48. The second kappa shape index (κ2) is 13.7. The fraction of sp³-hybridized carbons (Fsp3) is 0.522. The molecule has 0 heterocycles. The van der Waals surface area contributed by atoms with Gasteiger partial charge in [0.1, 0.15) is 23.9 Å². The Kier molecular flexibility index (Phi) is 11.8. The molecule has 0 bridgehead atoms. The molecule has 0 aliphatic carbocycles. The smallest absolute Gasteiger partial charge is 0.408 e. The van der Waals surface area contributed by atoms with Crippen LogP contribution in [0, 0.1) is 0 Å². The summed E-state index contributed by atoms with van der Waals surface area (Å²) in [5.74, 6) is -0.241. The molecule has 2 amide bonds. The molecule has 1 aromatic carbocycles. The number of hydrogen-bond donors (Lipinski definition) is 2. The molecule has 1 rings (SSSR count). The molecule has 8 heteroatoms. The van der Waals surface area contributed by atoms with Crippen molar-refractivity contribution in [2.45, 2.75) is 50.8 Å². The van der Waals surface area contributed by atoms with E-state index in [2.05, 4.69) is 29.7 Å². The first-order valence-corrected chi connectivity index (χ1v) is 12.5. The van der Waals surface area contributed by atoms with Crippen molar-refractivity contribution in [3.63, 3.8) is 0 Å². The van der Waals surface area contributed by atoms with Crippen LogP contribution in [-0.2, 0) is 36.6 Å². The molecule has 172 valence electrons. The van der Waals surface area contributed by atoms with Crippen LogP contribution in [0.3, 0.4) is 0 Å². The Morgan fingerprint density at radius 3 is 2.45 bits per heavy atom. The number of carbonyl (C=O) groups excluding carboxylic acids is 3. The molecule has 0 aromatic heterocycles. The summed E-state index contributed by atoms with van der Waals surface area (Å²) in [6, 6.07) is 8.51. The number of rotatable bonds is 13. The summed E-state index contributed by atoms with van der Waals surface area (Å²) in [4.78, 5) is 38.1. The molecule has 0 aliphatic heterocycles. The fourth-order valence-corrected chi connectivity index (χ4v) is 3.79. The van der Waals surface area contributed by atoms with E-state index >= 15 is 0 Å². The Morgan fingerprint density at radius 1 is 1.23 bits per heavy atom. The minimum atomic E-state index is -1.27. The standard InChI is InChI=1S/C23H34N2O5S/c1-6-11-19(20(26)29-3)24-21(27)23(14-7-2,15-16-31(4)5)25-22(28)30-17-18-12-9-8-10-13-18/h7-10,12-13,19H,2,6,11,14-17H2,1,3-5H3,(H-,24,25,27,28)/p+1/t19-,23+/m0/s1. The minimum absolute atomic E-state index is 0.0450. The van der Waals surface area contributed by atoms with Gasteiger partial charge in [0.15, 0.2) is 0 Å². The molecule has 2 atom stereocenters. The van der Waals surface area contributed by atoms with Crippen LogP contribution in [0.5, 0.6) is 0 Å². The second-order valence-corrected chi connectivity index (χ2v) is 9.92. The average molecular weight is 452 g/mol. The van der Waals surface area contributed by atoms with Gasteiger partial charge in [-0.25, -0.2) is 9.59 Å². The van der Waals surface area contributed by atoms with Crippen LogP contribution in [0.15, 0.2) is 43.0 Å². The summed E-state index contributed by atoms with van der Waals surface area (Å²) in [7, 11) is 1.33. The normalized spacial score (nSPS) is 13.6. The van der Waals surface area contributed by atoms with Gasteiger partial charge >= 0.3 is 12.1 Å². The van der Waals surface area contributed by atoms with E-state index in [-0.39, 0.29) is 23.9 Å². The van der Waals surface area contributed by atoms with E-state index in [0.29, 0.717) is 19.3 Å². The number of ether oxygens (including phenoxy) is 2. The number of carbonyl (C=O) groups is 3. The van der Waals surface area contributed by atoms with E-state index in [0.717, 1.165) is 11.3 Å². The molecule has 0 unspecified atom stereocenters. The van der Waals surface area contributed by atoms with Gasteiger partial charge in [0.25, 0.3) is 0 Å². The lowest BCUT2D eigenvalue weighted by Crippen LogP contribution is -2.61. The average Bonchev–Trinajstić information content (AvgIpc) is 2.76. The topological polar surface area (TPSA) is 93.7 Å². The number of nitrogens with one attached hydrogen (secondary N) is 2. The van der Waals surface area contributed by atoms with Crippen LogP contribution >= 0.6 is 0 Å². The first kappa shape index (κ1) is 26.6. The first-order chi connectivity index (χ1) is 14.8. The molecule has 0 aliphatic rings. The van der Waals surface area contributed by atoms with Crippen molar-refractivity contribution in [3.8, 4) is 0 Å². The van der Waals surface area contributed by atoms with Crippen molar-refractivity contribution in [2.75, 3.05) is 25.4 Å². The van der Waals surface area contributed by atoms with Gasteiger partial charge in [-0.15, -0.1) is 6.58 Å². The summed E-state index contributed by atoms with van der Waals surface area (Å²) in [5.41, 5.74) is -0.430. The van der Waals surface area contributed by atoms with Crippen LogP contribution in [0.1, 0.15) is 38.2 Å². The Balaban J connectivity index is 3.04. The van der Waals surface area contributed by atoms with E-state index in [4.69, 9.17) is 9.47 Å². The zero-order valence-corrected chi connectivity index (χ0v) is 19.8. The molecule has 31 heavy (non-hydrogen) atoms. The van der Waals surface area contributed by atoms with Gasteiger partial charge in [0, 0.05) is 6.42 Å². The highest BCUT2D eigenvalue weighted by atomic mass is 32.2. The zero-order chi connectivity index (χ0) is 23.3. The predicted octanol–water partition coefficient (Wildman–Crippen LogP) is 2.95. The van der Waals surface area contributed by atoms with Gasteiger partial charge in [-0.1, -0.05) is 49.8 Å². The van der Waals surface area contributed by atoms with Gasteiger partial charge in [-0.2, -0.15) is 0 Å². The third kappa shape index (κ3) is 9.04. The Labute approximate surface area is 188 Å². The molecule has 0 fully saturated rings. The molecule has 0 radical (unpaired) electrons. The van der Waals surface area contributed by atoms with Crippen molar-refractivity contribution in [1.29, 1.82) is 0 Å². The van der Waals surface area contributed by atoms with Crippen molar-refractivity contribution < 1.29 is 23.9 Å². The summed E-state index contributed by atoms with van der Waals surface area (Å²) in [5, 5.41) is 5.54. The highest BCUT2D eigenvalue weighted by Crippen LogP contribution is 2.20. The van der Waals surface area contributed by atoms with Gasteiger partial charge in [-0.05, 0) is 29.3 Å². The van der Waals surface area contributed by atoms with Crippen molar-refractivity contribution in [1.82, 2.24) is 10.6 Å². The maximum atomic E-state index is 13.3. The van der Waals surface area contributed by atoms with Crippen molar-refractivity contribution in [2.24, 2.45) is 0 Å². The molecule has 0 saturated carbocycles. The zero-order valence-electron chi connectivity index (χ0n) is 18.9. The van der Waals surface area contributed by atoms with Gasteiger partial charge in [-0.3, -0.25) is 4.79 Å². The van der Waals surface area contributed by atoms with Crippen LogP contribution in [-0.4, -0.2) is 54.9 Å². The largest absolute Gasteiger partial charge is 0.467 e. The predicted molar refractivity (Wildman–Crippen MR) is 125 cm³/mol. The summed E-state index contributed by atoms with van der Waals surface area (Å²) < 4.78 is 10.2. The quantitative estimate of drug-likeness (QED) is 0.273. The lowest BCUT2D eigenvalue weighted by atomic mass is 9.90. The van der Waals surface area contributed by atoms with Gasteiger partial charge in [0.05, 0.1) is 19.6 Å². The molecule has 0 saturated heterocycles. The molecule has 7 nitrogen and oxygen atoms in total. The number of esters is 1. The second-order valence-electron chi connectivity index (χ2n) is 7.54. The van der Waals surface area contributed by atoms with E-state index < -0.39 is 29.6 Å². The minimum Gasteiger partial charge on any atom is -0.467 e. The molecule has 1 aromatic rings. The Morgan fingerprint density at radius 2 is 1.90 bits per heavy atom. The van der Waals surface area contributed by atoms with Crippen LogP contribution < -0.4 is 10.6 Å². The lowest BCUT2D eigenvalue weighted by Gasteiger charge is -2.33. The number of hydrogen-bond acceptors (Lipinski definition) is 5. The highest BCUT2D eigenvalue weighted by molar-refractivity contribution is 7.95. The monoisotopic (exact) mass is 451 g/mol. The van der Waals surface area contributed by atoms with Crippen molar-refractivity contribution in [3.05, 3.63) is 48.6 Å². The number of alkyl carbamates (subject to hydrolysis) is 1. The van der Waals surface area contributed by atoms with Crippen LogP contribution in [0.4, 0.5) is 4.79 Å². The van der Waals surface area contributed by atoms with Gasteiger partial charge < -0.3 is 20.1 Å². The summed E-state index contributed by atoms with van der Waals surface area (Å²) >= 11 is 0. The third-order valence-corrected chi connectivity index (χ3v) is 5.81. The molecule has 0 spiro atoms. The highest BCUT2D eigenvalue weighted by Gasteiger charge is 2.42. The van der Waals surface area contributed by atoms with E-state index in [1.54, 1.807) is 6.08 Å². The number of methoxy groups -OCH3 is 1. The Bertz CT molecular complexity index is 726. The van der Waals surface area contributed by atoms with E-state index in [9.17, 15) is 14.4 Å². The number of benzene rings is 1. The van der Waals surface area contributed by atoms with Crippen LogP contribution in [0.25, 0.3) is 0 Å². The van der Waals surface area contributed by atoms with E-state index in [1.165, 1.54) is 7.11 Å². The number of amides is 2.